The topological polar surface area (TPSA) is 87.9 Å². The van der Waals surface area contributed by atoms with Gasteiger partial charge in [0.25, 0.3) is 0 Å². The number of carboxylic acids is 1. The smallest absolute Gasteiger partial charge is 0.415 e. The first-order valence-corrected chi connectivity index (χ1v) is 13.7. The maximum absolute atomic E-state index is 13.8. The van der Waals surface area contributed by atoms with Crippen LogP contribution in [-0.4, -0.2) is 64.6 Å². The number of aromatic nitrogens is 2. The maximum atomic E-state index is 13.8. The molecule has 1 amide bonds. The van der Waals surface area contributed by atoms with E-state index in [-0.39, 0.29) is 22.8 Å². The normalized spacial score (nSPS) is 16.4. The summed E-state index contributed by atoms with van der Waals surface area (Å²) in [6.45, 7) is 14.8. The SMILES string of the molecule is CC.CN(C)CCC1(C)CN(c2ccc(C(=O)O)cc2)C(=O)O1.Cc1cn(C(C)(C)C)nc1-c1ccc(F)c(F)c1F. The molecule has 230 valence electrons. The Bertz CT molecular complexity index is 1380. The van der Waals surface area contributed by atoms with Crippen LogP contribution in [-0.2, 0) is 10.3 Å². The zero-order chi connectivity index (χ0) is 32.0. The van der Waals surface area contributed by atoms with E-state index in [9.17, 15) is 22.8 Å². The molecule has 8 nitrogen and oxygen atoms in total. The van der Waals surface area contributed by atoms with Gasteiger partial charge in [-0.15, -0.1) is 0 Å². The number of ether oxygens (including phenoxy) is 1. The van der Waals surface area contributed by atoms with Crippen molar-refractivity contribution in [3.05, 3.63) is 71.2 Å². The second kappa shape index (κ2) is 13.9. The number of halogens is 3. The molecule has 1 aromatic heterocycles. The molecule has 0 saturated carbocycles. The lowest BCUT2D eigenvalue weighted by molar-refractivity contribution is 0.0592. The molecule has 0 radical (unpaired) electrons. The van der Waals surface area contributed by atoms with E-state index in [1.165, 1.54) is 18.2 Å². The zero-order valence-corrected chi connectivity index (χ0v) is 25.8. The molecule has 1 fully saturated rings. The van der Waals surface area contributed by atoms with Crippen molar-refractivity contribution in [1.29, 1.82) is 0 Å². The number of anilines is 1. The minimum absolute atomic E-state index is 0.0283. The number of hydrogen-bond donors (Lipinski definition) is 1. The summed E-state index contributed by atoms with van der Waals surface area (Å²) in [5, 5.41) is 13.2. The van der Waals surface area contributed by atoms with Crippen LogP contribution in [0.15, 0.2) is 42.6 Å². The van der Waals surface area contributed by atoms with Crippen molar-refractivity contribution in [2.45, 2.75) is 66.0 Å². The van der Waals surface area contributed by atoms with Gasteiger partial charge in [0.2, 0.25) is 0 Å². The van der Waals surface area contributed by atoms with Crippen LogP contribution >= 0.6 is 0 Å². The van der Waals surface area contributed by atoms with E-state index in [0.29, 0.717) is 23.5 Å². The van der Waals surface area contributed by atoms with Crippen molar-refractivity contribution in [2.75, 3.05) is 32.1 Å². The summed E-state index contributed by atoms with van der Waals surface area (Å²) in [6, 6.07) is 8.34. The molecule has 3 aromatic rings. The van der Waals surface area contributed by atoms with Crippen molar-refractivity contribution >= 4 is 17.7 Å². The molecular weight excluding hydrogens is 549 g/mol. The van der Waals surface area contributed by atoms with Gasteiger partial charge in [-0.25, -0.2) is 22.8 Å². The van der Waals surface area contributed by atoms with Gasteiger partial charge in [-0.1, -0.05) is 13.8 Å². The summed E-state index contributed by atoms with van der Waals surface area (Å²) >= 11 is 0. The van der Waals surface area contributed by atoms with Crippen molar-refractivity contribution in [3.63, 3.8) is 0 Å². The van der Waals surface area contributed by atoms with Gasteiger partial charge < -0.3 is 14.7 Å². The van der Waals surface area contributed by atoms with Gasteiger partial charge in [0, 0.05) is 30.4 Å². The molecular formula is C31H41F3N4O4. The number of carbonyl (C=O) groups is 2. The first kappa shape index (κ1) is 34.3. The van der Waals surface area contributed by atoms with Gasteiger partial charge in [0.15, 0.2) is 17.5 Å². The number of carbonyl (C=O) groups excluding carboxylic acids is 1. The lowest BCUT2D eigenvalue weighted by atomic mass is 10.0. The Morgan fingerprint density at radius 2 is 1.67 bits per heavy atom. The second-order valence-corrected chi connectivity index (χ2v) is 11.3. The minimum Gasteiger partial charge on any atom is -0.478 e. The number of rotatable bonds is 6. The Morgan fingerprint density at radius 1 is 1.07 bits per heavy atom. The van der Waals surface area contributed by atoms with Crippen molar-refractivity contribution in [3.8, 4) is 11.3 Å². The van der Waals surface area contributed by atoms with E-state index in [1.54, 1.807) is 34.8 Å². The second-order valence-electron chi connectivity index (χ2n) is 11.3. The lowest BCUT2D eigenvalue weighted by Gasteiger charge is -2.23. The van der Waals surface area contributed by atoms with Crippen molar-refractivity contribution in [2.24, 2.45) is 0 Å². The number of carboxylic acid groups (broad SMARTS) is 1. The van der Waals surface area contributed by atoms with Crippen LogP contribution in [0.1, 0.15) is 63.9 Å². The molecule has 0 spiro atoms. The highest BCUT2D eigenvalue weighted by Crippen LogP contribution is 2.31. The number of aryl methyl sites for hydroxylation is 1. The molecule has 1 saturated heterocycles. The highest BCUT2D eigenvalue weighted by molar-refractivity contribution is 5.92. The van der Waals surface area contributed by atoms with Crippen LogP contribution in [0.2, 0.25) is 0 Å². The number of hydrogen-bond acceptors (Lipinski definition) is 5. The highest BCUT2D eigenvalue weighted by atomic mass is 19.2. The van der Waals surface area contributed by atoms with Crippen LogP contribution in [0.5, 0.6) is 0 Å². The Balaban J connectivity index is 0.000000278. The molecule has 1 atom stereocenters. The predicted octanol–water partition coefficient (Wildman–Crippen LogP) is 7.11. The molecule has 0 bridgehead atoms. The number of amides is 1. The fourth-order valence-corrected chi connectivity index (χ4v) is 4.05. The van der Waals surface area contributed by atoms with E-state index in [4.69, 9.17) is 9.84 Å². The molecule has 1 aliphatic rings. The van der Waals surface area contributed by atoms with Gasteiger partial charge in [-0.05, 0) is 90.7 Å². The summed E-state index contributed by atoms with van der Waals surface area (Å²) in [4.78, 5) is 26.5. The Kier molecular flexibility index (Phi) is 11.3. The summed E-state index contributed by atoms with van der Waals surface area (Å²) in [5.41, 5.74) is 1.07. The Hall–Kier alpha value is -3.86. The van der Waals surface area contributed by atoms with Crippen LogP contribution in [0.3, 0.4) is 0 Å². The summed E-state index contributed by atoms with van der Waals surface area (Å²) in [7, 11) is 3.95. The third-order valence-corrected chi connectivity index (χ3v) is 6.44. The van der Waals surface area contributed by atoms with E-state index in [2.05, 4.69) is 5.10 Å². The summed E-state index contributed by atoms with van der Waals surface area (Å²) in [5.74, 6) is -4.86. The average Bonchev–Trinajstić information content (AvgIpc) is 3.47. The van der Waals surface area contributed by atoms with Gasteiger partial charge in [-0.3, -0.25) is 9.58 Å². The van der Waals surface area contributed by atoms with E-state index in [1.807, 2.05) is 60.5 Å². The fourth-order valence-electron chi connectivity index (χ4n) is 4.05. The van der Waals surface area contributed by atoms with E-state index >= 15 is 0 Å². The largest absolute Gasteiger partial charge is 0.478 e. The predicted molar refractivity (Wildman–Crippen MR) is 157 cm³/mol. The first-order valence-electron chi connectivity index (χ1n) is 13.7. The monoisotopic (exact) mass is 590 g/mol. The molecule has 42 heavy (non-hydrogen) atoms. The van der Waals surface area contributed by atoms with Gasteiger partial charge >= 0.3 is 12.1 Å². The van der Waals surface area contributed by atoms with Crippen LogP contribution < -0.4 is 4.90 Å². The molecule has 1 unspecified atom stereocenters. The molecule has 1 N–H and O–H groups in total. The standard InChI is InChI=1S/C15H20N2O4.C14H15F3N2.C2H6/c1-15(8-9-16(2)3)10-17(14(20)21-15)12-6-4-11(5-7-12)13(18)19;1-8-7-19(14(2,3)4)18-13(8)9-5-6-10(15)12(17)11(9)16;1-2/h4-7H,8-10H2,1-3H3,(H,18,19);5-7H,1-4H3;1-2H3. The highest BCUT2D eigenvalue weighted by Gasteiger charge is 2.41. The Labute approximate surface area is 245 Å². The summed E-state index contributed by atoms with van der Waals surface area (Å²) < 4.78 is 47.1. The van der Waals surface area contributed by atoms with Gasteiger partial charge in [0.05, 0.1) is 23.3 Å². The third-order valence-electron chi connectivity index (χ3n) is 6.44. The Morgan fingerprint density at radius 3 is 2.17 bits per heavy atom. The third kappa shape index (κ3) is 8.34. The number of cyclic esters (lactones) is 1. The summed E-state index contributed by atoms with van der Waals surface area (Å²) in [6.07, 6.45) is 2.12. The lowest BCUT2D eigenvalue weighted by Crippen LogP contribution is -2.34. The molecule has 4 rings (SSSR count). The maximum Gasteiger partial charge on any atom is 0.415 e. The first-order chi connectivity index (χ1) is 19.5. The van der Waals surface area contributed by atoms with Crippen LogP contribution in [0.4, 0.5) is 23.7 Å². The molecule has 11 heteroatoms. The van der Waals surface area contributed by atoms with E-state index < -0.39 is 29.0 Å². The average molecular weight is 591 g/mol. The fraction of sp³-hybridized carbons (Fsp3) is 0.452. The van der Waals surface area contributed by atoms with Gasteiger partial charge in [0.1, 0.15) is 5.60 Å². The minimum atomic E-state index is -1.47. The van der Waals surface area contributed by atoms with Crippen molar-refractivity contribution < 1.29 is 32.6 Å². The number of aromatic carboxylic acids is 1. The number of benzene rings is 2. The van der Waals surface area contributed by atoms with Crippen LogP contribution in [0.25, 0.3) is 11.3 Å². The quantitative estimate of drug-likeness (QED) is 0.308. The van der Waals surface area contributed by atoms with Gasteiger partial charge in [-0.2, -0.15) is 5.10 Å². The number of nitrogens with zero attached hydrogens (tertiary/aromatic N) is 4. The van der Waals surface area contributed by atoms with E-state index in [0.717, 1.165) is 19.0 Å². The molecule has 2 heterocycles. The molecule has 2 aromatic carbocycles. The zero-order valence-electron chi connectivity index (χ0n) is 25.8. The van der Waals surface area contributed by atoms with Crippen molar-refractivity contribution in [1.82, 2.24) is 14.7 Å². The molecule has 0 aliphatic carbocycles. The molecule has 1 aliphatic heterocycles. The van der Waals surface area contributed by atoms with Crippen LogP contribution in [0, 0.1) is 24.4 Å².